The fraction of sp³-hybridized carbons (Fsp3) is 0.615. The third-order valence-corrected chi connectivity index (χ3v) is 7.62. The number of β-amino-alcohol motifs (C(OH)–C–C–N with tert-alkyl or cyclic N) is 1. The van der Waals surface area contributed by atoms with Crippen LogP contribution in [0.4, 0.5) is 0 Å². The highest BCUT2D eigenvalue weighted by Gasteiger charge is 2.44. The van der Waals surface area contributed by atoms with Crippen LogP contribution in [0.5, 0.6) is 0 Å². The number of methoxy groups -OCH3 is 1. The highest BCUT2D eigenvalue weighted by Crippen LogP contribution is 2.33. The SMILES string of the molecule is CNC(C1CCCC1)C(OC)N1C[C@H](O)C[C@H]1C(=O)N[C@@H](C)c1ccc(-c2ccnn2C)cc1. The summed E-state index contributed by atoms with van der Waals surface area (Å²) >= 11 is 0. The molecule has 2 aromatic rings. The van der Waals surface area contributed by atoms with Crippen molar-refractivity contribution in [2.45, 2.75) is 69.5 Å². The number of aliphatic hydroxyl groups is 1. The number of rotatable bonds is 9. The molecule has 1 aromatic carbocycles. The molecule has 0 bridgehead atoms. The maximum Gasteiger partial charge on any atom is 0.238 e. The van der Waals surface area contributed by atoms with Gasteiger partial charge in [-0.2, -0.15) is 5.10 Å². The van der Waals surface area contributed by atoms with Crippen LogP contribution in [0, 0.1) is 5.92 Å². The molecule has 2 fully saturated rings. The monoisotopic (exact) mass is 469 g/mol. The number of carbonyl (C=O) groups is 1. The van der Waals surface area contributed by atoms with E-state index in [0.717, 1.165) is 16.8 Å². The zero-order valence-electron chi connectivity index (χ0n) is 20.8. The van der Waals surface area contributed by atoms with Crippen molar-refractivity contribution in [1.29, 1.82) is 0 Å². The second-order valence-corrected chi connectivity index (χ2v) is 9.78. The van der Waals surface area contributed by atoms with Gasteiger partial charge in [-0.05, 0) is 56.3 Å². The van der Waals surface area contributed by atoms with Crippen molar-refractivity contribution in [3.63, 3.8) is 0 Å². The van der Waals surface area contributed by atoms with Gasteiger partial charge in [0, 0.05) is 32.9 Å². The third-order valence-electron chi connectivity index (χ3n) is 7.62. The molecule has 1 aromatic heterocycles. The molecule has 34 heavy (non-hydrogen) atoms. The van der Waals surface area contributed by atoms with Gasteiger partial charge in [-0.1, -0.05) is 37.1 Å². The first-order valence-electron chi connectivity index (χ1n) is 12.5. The summed E-state index contributed by atoms with van der Waals surface area (Å²) in [7, 11) is 5.59. The van der Waals surface area contributed by atoms with Gasteiger partial charge in [0.1, 0.15) is 6.23 Å². The van der Waals surface area contributed by atoms with Crippen molar-refractivity contribution >= 4 is 5.91 Å². The molecular formula is C26H39N5O3. The van der Waals surface area contributed by atoms with Crippen molar-refractivity contribution in [1.82, 2.24) is 25.3 Å². The second-order valence-electron chi connectivity index (χ2n) is 9.78. The van der Waals surface area contributed by atoms with Crippen molar-refractivity contribution in [2.24, 2.45) is 13.0 Å². The van der Waals surface area contributed by atoms with E-state index in [1.165, 1.54) is 25.7 Å². The standard InChI is InChI=1S/C26H39N5O3/c1-17(18-9-11-19(12-10-18)22-13-14-28-30(22)3)29-25(33)23-15-21(32)16-31(23)26(34-4)24(27-2)20-7-5-6-8-20/h9-14,17,20-21,23-24,26-27,32H,5-8,15-16H2,1-4H3,(H,29,33)/t17-,21+,23-,24?,26?/m0/s1. The lowest BCUT2D eigenvalue weighted by Gasteiger charge is -2.39. The minimum absolute atomic E-state index is 0.0666. The van der Waals surface area contributed by atoms with Gasteiger partial charge in [-0.15, -0.1) is 0 Å². The number of nitrogens with zero attached hydrogens (tertiary/aromatic N) is 3. The quantitative estimate of drug-likeness (QED) is 0.523. The normalized spacial score (nSPS) is 24.3. The Morgan fingerprint density at radius 3 is 2.50 bits per heavy atom. The van der Waals surface area contributed by atoms with Gasteiger partial charge >= 0.3 is 0 Å². The summed E-state index contributed by atoms with van der Waals surface area (Å²) in [5.74, 6) is 0.455. The third kappa shape index (κ3) is 5.20. The number of carbonyl (C=O) groups excluding carboxylic acids is 1. The maximum absolute atomic E-state index is 13.4. The number of likely N-dealkylation sites (tertiary alicyclic amines) is 1. The van der Waals surface area contributed by atoms with E-state index >= 15 is 0 Å². The van der Waals surface area contributed by atoms with E-state index in [4.69, 9.17) is 4.74 Å². The Bertz CT molecular complexity index is 940. The lowest BCUT2D eigenvalue weighted by atomic mass is 9.95. The van der Waals surface area contributed by atoms with Crippen LogP contribution in [-0.4, -0.2) is 70.8 Å². The molecule has 186 valence electrons. The first kappa shape index (κ1) is 24.9. The summed E-state index contributed by atoms with van der Waals surface area (Å²) in [6.45, 7) is 2.44. The molecule has 2 heterocycles. The summed E-state index contributed by atoms with van der Waals surface area (Å²) in [6, 6.07) is 9.74. The van der Waals surface area contributed by atoms with Crippen molar-refractivity contribution in [3.05, 3.63) is 42.1 Å². The molecule has 5 atom stereocenters. The number of benzene rings is 1. The van der Waals surface area contributed by atoms with Crippen LogP contribution < -0.4 is 10.6 Å². The number of amides is 1. The van der Waals surface area contributed by atoms with Crippen LogP contribution in [0.3, 0.4) is 0 Å². The number of likely N-dealkylation sites (N-methyl/N-ethyl adjacent to an activating group) is 1. The van der Waals surface area contributed by atoms with Gasteiger partial charge in [-0.3, -0.25) is 14.4 Å². The smallest absolute Gasteiger partial charge is 0.238 e. The average molecular weight is 470 g/mol. The van der Waals surface area contributed by atoms with Crippen LogP contribution in [0.1, 0.15) is 50.6 Å². The van der Waals surface area contributed by atoms with Gasteiger partial charge in [-0.25, -0.2) is 0 Å². The summed E-state index contributed by atoms with van der Waals surface area (Å²) in [6.07, 6.45) is 6.23. The van der Waals surface area contributed by atoms with Gasteiger partial charge in [0.25, 0.3) is 0 Å². The Morgan fingerprint density at radius 2 is 1.91 bits per heavy atom. The minimum atomic E-state index is -0.539. The van der Waals surface area contributed by atoms with E-state index in [9.17, 15) is 9.90 Å². The molecule has 2 aliphatic rings. The van der Waals surface area contributed by atoms with Crippen LogP contribution in [0.25, 0.3) is 11.3 Å². The van der Waals surface area contributed by atoms with E-state index in [2.05, 4.69) is 32.8 Å². The van der Waals surface area contributed by atoms with E-state index in [-0.39, 0.29) is 24.2 Å². The Hall–Kier alpha value is -2.26. The predicted octanol–water partition coefficient (Wildman–Crippen LogP) is 2.45. The molecule has 3 N–H and O–H groups in total. The molecule has 1 saturated carbocycles. The second kappa shape index (κ2) is 11.0. The molecule has 0 radical (unpaired) electrons. The number of hydrogen-bond acceptors (Lipinski definition) is 6. The molecule has 1 saturated heterocycles. The highest BCUT2D eigenvalue weighted by molar-refractivity contribution is 5.82. The van der Waals surface area contributed by atoms with E-state index in [0.29, 0.717) is 18.9 Å². The predicted molar refractivity (Wildman–Crippen MR) is 132 cm³/mol. The topological polar surface area (TPSA) is 91.7 Å². The lowest BCUT2D eigenvalue weighted by Crippen LogP contribution is -2.57. The zero-order valence-corrected chi connectivity index (χ0v) is 20.8. The number of nitrogens with one attached hydrogen (secondary N) is 2. The van der Waals surface area contributed by atoms with Crippen LogP contribution in [0.2, 0.25) is 0 Å². The maximum atomic E-state index is 13.4. The molecule has 1 amide bonds. The number of ether oxygens (including phenoxy) is 1. The summed E-state index contributed by atoms with van der Waals surface area (Å²) in [5.41, 5.74) is 3.16. The van der Waals surface area contributed by atoms with Crippen molar-refractivity contribution in [3.8, 4) is 11.3 Å². The van der Waals surface area contributed by atoms with Crippen LogP contribution >= 0.6 is 0 Å². The molecule has 4 rings (SSSR count). The van der Waals surface area contributed by atoms with Gasteiger partial charge in [0.2, 0.25) is 5.91 Å². The first-order chi connectivity index (χ1) is 16.4. The summed E-state index contributed by atoms with van der Waals surface area (Å²) in [5, 5.41) is 21.3. The fourth-order valence-electron chi connectivity index (χ4n) is 5.79. The number of aliphatic hydroxyl groups excluding tert-OH is 1. The average Bonchev–Trinajstić information content (AvgIpc) is 3.59. The first-order valence-corrected chi connectivity index (χ1v) is 12.5. The van der Waals surface area contributed by atoms with E-state index in [1.54, 1.807) is 13.3 Å². The fourth-order valence-corrected chi connectivity index (χ4v) is 5.79. The Morgan fingerprint density at radius 1 is 1.21 bits per heavy atom. The van der Waals surface area contributed by atoms with E-state index in [1.807, 2.05) is 43.9 Å². The zero-order chi connectivity index (χ0) is 24.2. The van der Waals surface area contributed by atoms with Crippen molar-refractivity contribution in [2.75, 3.05) is 20.7 Å². The summed E-state index contributed by atoms with van der Waals surface area (Å²) < 4.78 is 7.79. The molecule has 8 heteroatoms. The Balaban J connectivity index is 1.44. The molecule has 1 aliphatic heterocycles. The number of aromatic nitrogens is 2. The van der Waals surface area contributed by atoms with Gasteiger partial charge in [0.05, 0.1) is 23.9 Å². The van der Waals surface area contributed by atoms with Crippen LogP contribution in [-0.2, 0) is 16.6 Å². The van der Waals surface area contributed by atoms with E-state index < -0.39 is 12.1 Å². The lowest BCUT2D eigenvalue weighted by molar-refractivity contribution is -0.134. The van der Waals surface area contributed by atoms with Gasteiger partial charge in [0.15, 0.2) is 0 Å². The Kier molecular flexibility index (Phi) is 8.03. The molecular weight excluding hydrogens is 430 g/mol. The Labute approximate surface area is 202 Å². The number of aryl methyl sites for hydroxylation is 1. The molecule has 1 aliphatic carbocycles. The van der Waals surface area contributed by atoms with Crippen LogP contribution in [0.15, 0.2) is 36.5 Å². The largest absolute Gasteiger partial charge is 0.392 e. The molecule has 8 nitrogen and oxygen atoms in total. The van der Waals surface area contributed by atoms with Crippen molar-refractivity contribution < 1.29 is 14.6 Å². The molecule has 2 unspecified atom stereocenters. The van der Waals surface area contributed by atoms with Gasteiger partial charge < -0.3 is 20.5 Å². The summed E-state index contributed by atoms with van der Waals surface area (Å²) in [4.78, 5) is 15.4. The number of hydrogen-bond donors (Lipinski definition) is 3. The molecule has 0 spiro atoms. The minimum Gasteiger partial charge on any atom is -0.392 e. The highest BCUT2D eigenvalue weighted by atomic mass is 16.5.